The Morgan fingerprint density at radius 3 is 2.65 bits per heavy atom. The Hall–Kier alpha value is -1.78. The zero-order valence-electron chi connectivity index (χ0n) is 14.2. The summed E-state index contributed by atoms with van der Waals surface area (Å²) in [6.45, 7) is 0.343. The Kier molecular flexibility index (Phi) is 7.30. The van der Waals surface area contributed by atoms with E-state index in [1.165, 1.54) is 28.6 Å². The van der Waals surface area contributed by atoms with Crippen LogP contribution in [0.2, 0.25) is 0 Å². The molecule has 0 aliphatic carbocycles. The molecule has 0 spiro atoms. The Morgan fingerprint density at radius 2 is 2.04 bits per heavy atom. The third-order valence-corrected chi connectivity index (χ3v) is 5.92. The van der Waals surface area contributed by atoms with Crippen LogP contribution in [-0.4, -0.2) is 57.8 Å². The molecule has 0 aromatic heterocycles. The molecule has 1 atom stereocenters. The molecule has 26 heavy (non-hydrogen) atoms. The molecule has 0 saturated carbocycles. The first-order valence-electron chi connectivity index (χ1n) is 8.33. The first-order valence-corrected chi connectivity index (χ1v) is 9.77. The topological polar surface area (TPSA) is 102 Å². The van der Waals surface area contributed by atoms with Crippen molar-refractivity contribution in [1.29, 1.82) is 0 Å². The fourth-order valence-electron chi connectivity index (χ4n) is 2.73. The lowest BCUT2D eigenvalue weighted by atomic mass is 9.99. The molecule has 1 amide bonds. The van der Waals surface area contributed by atoms with E-state index < -0.39 is 29.0 Å². The second kappa shape index (κ2) is 9.24. The quantitative estimate of drug-likeness (QED) is 0.683. The lowest BCUT2D eigenvalue weighted by Crippen LogP contribution is -2.46. The summed E-state index contributed by atoms with van der Waals surface area (Å²) in [6.07, 6.45) is -1.41. The van der Waals surface area contributed by atoms with Crippen molar-refractivity contribution in [2.45, 2.75) is 24.2 Å². The maximum absolute atomic E-state index is 12.8. The third-order valence-electron chi connectivity index (χ3n) is 4.04. The van der Waals surface area contributed by atoms with Gasteiger partial charge >= 0.3 is 0 Å². The molecule has 1 heterocycles. The number of hydrogen-bond acceptors (Lipinski definition) is 5. The first kappa shape index (κ1) is 20.5. The monoisotopic (exact) mass is 391 g/mol. The van der Waals surface area contributed by atoms with Gasteiger partial charge in [0.25, 0.3) is 6.43 Å². The number of halogens is 2. The molecular formula is C16H23F2N3O4S. The lowest BCUT2D eigenvalue weighted by Gasteiger charge is -2.31. The van der Waals surface area contributed by atoms with E-state index in [-0.39, 0.29) is 23.1 Å². The van der Waals surface area contributed by atoms with Gasteiger partial charge in [0.15, 0.2) is 0 Å². The van der Waals surface area contributed by atoms with Gasteiger partial charge in [-0.25, -0.2) is 17.2 Å². The number of rotatable bonds is 8. The van der Waals surface area contributed by atoms with Crippen molar-refractivity contribution in [2.24, 2.45) is 11.7 Å². The SMILES string of the molecule is NCCNC(=O)C1CCCN(S(=O)(=O)c2ccc(OCC(F)F)cc2)C1. The number of nitrogens with zero attached hydrogens (tertiary/aromatic N) is 1. The number of hydrogen-bond donors (Lipinski definition) is 2. The van der Waals surface area contributed by atoms with E-state index >= 15 is 0 Å². The number of benzene rings is 1. The number of alkyl halides is 2. The van der Waals surface area contributed by atoms with E-state index in [2.05, 4.69) is 5.32 Å². The second-order valence-electron chi connectivity index (χ2n) is 5.96. The fourth-order valence-corrected chi connectivity index (χ4v) is 4.25. The van der Waals surface area contributed by atoms with Crippen LogP contribution in [0.25, 0.3) is 0 Å². The van der Waals surface area contributed by atoms with Crippen LogP contribution >= 0.6 is 0 Å². The number of piperidine rings is 1. The molecule has 1 unspecified atom stereocenters. The van der Waals surface area contributed by atoms with Crippen LogP contribution in [0, 0.1) is 5.92 Å². The summed E-state index contributed by atoms with van der Waals surface area (Å²) in [4.78, 5) is 12.1. The van der Waals surface area contributed by atoms with E-state index in [1.807, 2.05) is 0 Å². The van der Waals surface area contributed by atoms with Crippen LogP contribution in [0.3, 0.4) is 0 Å². The number of nitrogens with one attached hydrogen (secondary N) is 1. The Bertz CT molecular complexity index is 698. The maximum Gasteiger partial charge on any atom is 0.272 e. The van der Waals surface area contributed by atoms with Crippen LogP contribution in [0.1, 0.15) is 12.8 Å². The van der Waals surface area contributed by atoms with Gasteiger partial charge in [0.1, 0.15) is 12.4 Å². The molecule has 7 nitrogen and oxygen atoms in total. The zero-order valence-corrected chi connectivity index (χ0v) is 15.1. The summed E-state index contributed by atoms with van der Waals surface area (Å²) in [6, 6.07) is 5.30. The van der Waals surface area contributed by atoms with Crippen molar-refractivity contribution in [1.82, 2.24) is 9.62 Å². The minimum absolute atomic E-state index is 0.0323. The van der Waals surface area contributed by atoms with Crippen molar-refractivity contribution < 1.29 is 26.7 Å². The standard InChI is InChI=1S/C16H23F2N3O4S/c17-15(18)11-25-13-3-5-14(6-4-13)26(23,24)21-9-1-2-12(10-21)16(22)20-8-7-19/h3-6,12,15H,1-2,7-11,19H2,(H,20,22). The maximum atomic E-state index is 12.8. The normalized spacial score (nSPS) is 18.7. The lowest BCUT2D eigenvalue weighted by molar-refractivity contribution is -0.126. The number of nitrogens with two attached hydrogens (primary N) is 1. The molecule has 1 saturated heterocycles. The Balaban J connectivity index is 2.05. The molecule has 3 N–H and O–H groups in total. The van der Waals surface area contributed by atoms with Gasteiger partial charge in [-0.15, -0.1) is 0 Å². The molecule has 1 aliphatic heterocycles. The third kappa shape index (κ3) is 5.36. The van der Waals surface area contributed by atoms with Crippen LogP contribution in [0.5, 0.6) is 5.75 Å². The van der Waals surface area contributed by atoms with Crippen molar-refractivity contribution >= 4 is 15.9 Å². The number of carbonyl (C=O) groups is 1. The fraction of sp³-hybridized carbons (Fsp3) is 0.562. The summed E-state index contributed by atoms with van der Waals surface area (Å²) >= 11 is 0. The highest BCUT2D eigenvalue weighted by molar-refractivity contribution is 7.89. The van der Waals surface area contributed by atoms with Gasteiger partial charge in [-0.05, 0) is 37.1 Å². The van der Waals surface area contributed by atoms with E-state index in [1.54, 1.807) is 0 Å². The van der Waals surface area contributed by atoms with Gasteiger partial charge in [0.2, 0.25) is 15.9 Å². The average Bonchev–Trinajstić information content (AvgIpc) is 2.64. The molecule has 1 aromatic rings. The van der Waals surface area contributed by atoms with E-state index in [0.717, 1.165) is 0 Å². The van der Waals surface area contributed by atoms with Crippen molar-refractivity contribution in [2.75, 3.05) is 32.8 Å². The summed E-state index contributed by atoms with van der Waals surface area (Å²) in [5, 5.41) is 2.68. The Morgan fingerprint density at radius 1 is 1.35 bits per heavy atom. The van der Waals surface area contributed by atoms with Crippen LogP contribution in [0.4, 0.5) is 8.78 Å². The zero-order chi connectivity index (χ0) is 19.2. The average molecular weight is 391 g/mol. The van der Waals surface area contributed by atoms with Gasteiger partial charge in [0, 0.05) is 26.2 Å². The van der Waals surface area contributed by atoms with Crippen molar-refractivity contribution in [3.05, 3.63) is 24.3 Å². The van der Waals surface area contributed by atoms with Gasteiger partial charge < -0.3 is 15.8 Å². The first-order chi connectivity index (χ1) is 12.3. The predicted octanol–water partition coefficient (Wildman–Crippen LogP) is 0.806. The minimum atomic E-state index is -3.77. The number of amides is 1. The highest BCUT2D eigenvalue weighted by atomic mass is 32.2. The number of carbonyl (C=O) groups excluding carboxylic acids is 1. The molecule has 146 valence electrons. The van der Waals surface area contributed by atoms with Gasteiger partial charge in [-0.3, -0.25) is 4.79 Å². The molecule has 1 fully saturated rings. The molecule has 0 bridgehead atoms. The van der Waals surface area contributed by atoms with Crippen LogP contribution < -0.4 is 15.8 Å². The van der Waals surface area contributed by atoms with Crippen molar-refractivity contribution in [3.8, 4) is 5.75 Å². The highest BCUT2D eigenvalue weighted by Crippen LogP contribution is 2.25. The molecule has 1 aromatic carbocycles. The number of ether oxygens (including phenoxy) is 1. The molecule has 10 heteroatoms. The summed E-state index contributed by atoms with van der Waals surface area (Å²) < 4.78 is 55.9. The number of sulfonamides is 1. The smallest absolute Gasteiger partial charge is 0.272 e. The van der Waals surface area contributed by atoms with E-state index in [9.17, 15) is 22.0 Å². The second-order valence-corrected chi connectivity index (χ2v) is 7.89. The molecule has 1 aliphatic rings. The highest BCUT2D eigenvalue weighted by Gasteiger charge is 2.33. The van der Waals surface area contributed by atoms with Gasteiger partial charge in [-0.1, -0.05) is 0 Å². The summed E-state index contributed by atoms with van der Waals surface area (Å²) in [7, 11) is -3.77. The summed E-state index contributed by atoms with van der Waals surface area (Å²) in [5.41, 5.74) is 5.36. The largest absolute Gasteiger partial charge is 0.488 e. The van der Waals surface area contributed by atoms with Crippen LogP contribution in [-0.2, 0) is 14.8 Å². The van der Waals surface area contributed by atoms with E-state index in [0.29, 0.717) is 32.5 Å². The summed E-state index contributed by atoms with van der Waals surface area (Å²) in [5.74, 6) is -0.452. The Labute approximate surface area is 151 Å². The molecule has 2 rings (SSSR count). The van der Waals surface area contributed by atoms with Gasteiger partial charge in [-0.2, -0.15) is 4.31 Å². The van der Waals surface area contributed by atoms with E-state index in [4.69, 9.17) is 10.5 Å². The predicted molar refractivity (Wildman–Crippen MR) is 91.5 cm³/mol. The molecular weight excluding hydrogens is 368 g/mol. The van der Waals surface area contributed by atoms with Crippen molar-refractivity contribution in [3.63, 3.8) is 0 Å². The van der Waals surface area contributed by atoms with Gasteiger partial charge in [0.05, 0.1) is 10.8 Å². The minimum Gasteiger partial charge on any atom is -0.488 e. The molecule has 0 radical (unpaired) electrons. The van der Waals surface area contributed by atoms with Crippen LogP contribution in [0.15, 0.2) is 29.2 Å².